The first-order chi connectivity index (χ1) is 28.2. The summed E-state index contributed by atoms with van der Waals surface area (Å²) in [7, 11) is 0. The Morgan fingerprint density at radius 1 is 0.456 bits per heavy atom. The first-order valence-electron chi connectivity index (χ1n) is 19.7. The SMILES string of the molecule is C=NC(NC=NCc1ccc2c(c1)Cc1ccccc1-2)(c1ccc(-c2cccc3c2Cc2ccc(-c4ccccc4)cc2-3)cc1)c1cccc(-c2ccccc2)c1. The Bertz CT molecular complexity index is 2800. The molecule has 3 heteroatoms. The molecule has 57 heavy (non-hydrogen) atoms. The molecule has 8 aromatic carbocycles. The maximum absolute atomic E-state index is 4.91. The number of nitrogens with zero attached hydrogens (tertiary/aromatic N) is 2. The lowest BCUT2D eigenvalue weighted by molar-refractivity contribution is 0.512. The van der Waals surface area contributed by atoms with Gasteiger partial charge in [-0.2, -0.15) is 0 Å². The first-order valence-corrected chi connectivity index (χ1v) is 19.7. The molecule has 0 amide bonds. The van der Waals surface area contributed by atoms with Crippen LogP contribution in [0.15, 0.2) is 198 Å². The lowest BCUT2D eigenvalue weighted by Crippen LogP contribution is -2.41. The third kappa shape index (κ3) is 6.28. The molecule has 0 radical (unpaired) electrons. The largest absolute Gasteiger partial charge is 0.345 e. The van der Waals surface area contributed by atoms with Crippen LogP contribution < -0.4 is 5.32 Å². The number of hydrogen-bond donors (Lipinski definition) is 1. The van der Waals surface area contributed by atoms with E-state index in [-0.39, 0.29) is 0 Å². The highest BCUT2D eigenvalue weighted by molar-refractivity contribution is 5.87. The van der Waals surface area contributed by atoms with E-state index in [0.717, 1.165) is 35.1 Å². The second kappa shape index (κ2) is 14.5. The zero-order chi connectivity index (χ0) is 38.2. The molecule has 10 rings (SSSR count). The number of fused-ring (bicyclic) bond motifs is 6. The zero-order valence-corrected chi connectivity index (χ0v) is 31.7. The number of hydrogen-bond acceptors (Lipinski definition) is 2. The maximum atomic E-state index is 4.91. The van der Waals surface area contributed by atoms with Crippen molar-refractivity contribution in [3.05, 3.63) is 227 Å². The van der Waals surface area contributed by atoms with Gasteiger partial charge < -0.3 is 5.32 Å². The van der Waals surface area contributed by atoms with Crippen molar-refractivity contribution in [2.75, 3.05) is 0 Å². The van der Waals surface area contributed by atoms with Gasteiger partial charge in [-0.05, 0) is 115 Å². The van der Waals surface area contributed by atoms with E-state index in [9.17, 15) is 0 Å². The van der Waals surface area contributed by atoms with E-state index in [1.54, 1.807) is 0 Å². The Morgan fingerprint density at radius 2 is 1.09 bits per heavy atom. The number of aliphatic imine (C=N–C) groups is 2. The van der Waals surface area contributed by atoms with Gasteiger partial charge in [-0.15, -0.1) is 0 Å². The van der Waals surface area contributed by atoms with Crippen LogP contribution in [0.2, 0.25) is 0 Å². The van der Waals surface area contributed by atoms with Crippen molar-refractivity contribution >= 4 is 13.1 Å². The van der Waals surface area contributed by atoms with Crippen LogP contribution in [-0.2, 0) is 25.0 Å². The van der Waals surface area contributed by atoms with Crippen LogP contribution >= 0.6 is 0 Å². The van der Waals surface area contributed by atoms with E-state index < -0.39 is 5.66 Å². The monoisotopic (exact) mass is 731 g/mol. The molecule has 0 bridgehead atoms. The van der Waals surface area contributed by atoms with Gasteiger partial charge in [0.05, 0.1) is 12.9 Å². The van der Waals surface area contributed by atoms with E-state index in [2.05, 4.69) is 194 Å². The molecule has 272 valence electrons. The summed E-state index contributed by atoms with van der Waals surface area (Å²) in [5.41, 5.74) is 20.2. The van der Waals surface area contributed by atoms with Crippen LogP contribution in [-0.4, -0.2) is 13.1 Å². The molecular weight excluding hydrogens is 691 g/mol. The van der Waals surface area contributed by atoms with Gasteiger partial charge in [0, 0.05) is 11.1 Å². The van der Waals surface area contributed by atoms with Gasteiger partial charge in [0.1, 0.15) is 0 Å². The number of benzene rings is 8. The molecule has 1 atom stereocenters. The van der Waals surface area contributed by atoms with E-state index in [0.29, 0.717) is 6.54 Å². The second-order valence-corrected chi connectivity index (χ2v) is 15.1. The van der Waals surface area contributed by atoms with Gasteiger partial charge in [-0.1, -0.05) is 176 Å². The van der Waals surface area contributed by atoms with Crippen LogP contribution in [0.25, 0.3) is 55.6 Å². The highest BCUT2D eigenvalue weighted by atomic mass is 15.1. The molecule has 0 saturated carbocycles. The maximum Gasteiger partial charge on any atom is 0.181 e. The van der Waals surface area contributed by atoms with Crippen molar-refractivity contribution in [1.82, 2.24) is 5.32 Å². The Balaban J connectivity index is 0.971. The Labute approximate surface area is 334 Å². The average molecular weight is 732 g/mol. The van der Waals surface area contributed by atoms with Crippen LogP contribution in [0, 0.1) is 0 Å². The van der Waals surface area contributed by atoms with E-state index >= 15 is 0 Å². The third-order valence-corrected chi connectivity index (χ3v) is 11.8. The summed E-state index contributed by atoms with van der Waals surface area (Å²) in [5.74, 6) is 0. The molecule has 0 fully saturated rings. The molecule has 8 aromatic rings. The Hall–Kier alpha value is -7.10. The van der Waals surface area contributed by atoms with Gasteiger partial charge in [-0.3, -0.25) is 9.98 Å². The van der Waals surface area contributed by atoms with Gasteiger partial charge in [0.2, 0.25) is 0 Å². The highest BCUT2D eigenvalue weighted by Crippen LogP contribution is 2.44. The molecule has 0 saturated heterocycles. The van der Waals surface area contributed by atoms with Crippen molar-refractivity contribution in [3.8, 4) is 55.6 Å². The van der Waals surface area contributed by atoms with Crippen molar-refractivity contribution in [1.29, 1.82) is 0 Å². The molecule has 0 aromatic heterocycles. The zero-order valence-electron chi connectivity index (χ0n) is 31.7. The molecule has 1 unspecified atom stereocenters. The lowest BCUT2D eigenvalue weighted by atomic mass is 9.88. The third-order valence-electron chi connectivity index (χ3n) is 11.8. The summed E-state index contributed by atoms with van der Waals surface area (Å²) in [4.78, 5) is 9.78. The average Bonchev–Trinajstić information content (AvgIpc) is 3.85. The quantitative estimate of drug-likeness (QED) is 0.110. The van der Waals surface area contributed by atoms with Crippen LogP contribution in [0.1, 0.15) is 38.9 Å². The van der Waals surface area contributed by atoms with Gasteiger partial charge >= 0.3 is 0 Å². The Morgan fingerprint density at radius 3 is 1.88 bits per heavy atom. The summed E-state index contributed by atoms with van der Waals surface area (Å²) in [6, 6.07) is 67.6. The molecule has 0 heterocycles. The normalized spacial score (nSPS) is 13.3. The predicted molar refractivity (Wildman–Crippen MR) is 238 cm³/mol. The summed E-state index contributed by atoms with van der Waals surface area (Å²) in [6.45, 7) is 4.75. The summed E-state index contributed by atoms with van der Waals surface area (Å²) >= 11 is 0. The van der Waals surface area contributed by atoms with Crippen molar-refractivity contribution < 1.29 is 0 Å². The summed E-state index contributed by atoms with van der Waals surface area (Å²) < 4.78 is 0. The Kier molecular flexibility index (Phi) is 8.76. The van der Waals surface area contributed by atoms with Crippen LogP contribution in [0.5, 0.6) is 0 Å². The van der Waals surface area contributed by atoms with Gasteiger partial charge in [-0.25, -0.2) is 0 Å². The lowest BCUT2D eigenvalue weighted by Gasteiger charge is -2.31. The predicted octanol–water partition coefficient (Wildman–Crippen LogP) is 12.5. The van der Waals surface area contributed by atoms with E-state index in [1.807, 2.05) is 12.4 Å². The fraction of sp³-hybridized carbons (Fsp3) is 0.0741. The molecule has 2 aliphatic carbocycles. The van der Waals surface area contributed by atoms with Gasteiger partial charge in [0.15, 0.2) is 5.66 Å². The van der Waals surface area contributed by atoms with Gasteiger partial charge in [0.25, 0.3) is 0 Å². The summed E-state index contributed by atoms with van der Waals surface area (Å²) in [5, 5.41) is 3.64. The number of nitrogens with one attached hydrogen (secondary N) is 1. The van der Waals surface area contributed by atoms with Crippen molar-refractivity contribution in [2.45, 2.75) is 25.0 Å². The minimum absolute atomic E-state index is 0.557. The molecule has 1 N–H and O–H groups in total. The van der Waals surface area contributed by atoms with E-state index in [4.69, 9.17) is 9.98 Å². The van der Waals surface area contributed by atoms with Crippen molar-refractivity contribution in [3.63, 3.8) is 0 Å². The van der Waals surface area contributed by atoms with E-state index in [1.165, 1.54) is 72.3 Å². The molecular formula is C54H41N3. The number of rotatable bonds is 10. The second-order valence-electron chi connectivity index (χ2n) is 15.1. The molecule has 0 spiro atoms. The smallest absolute Gasteiger partial charge is 0.181 e. The van der Waals surface area contributed by atoms with Crippen LogP contribution in [0.4, 0.5) is 0 Å². The fourth-order valence-corrected chi connectivity index (χ4v) is 8.88. The van der Waals surface area contributed by atoms with Crippen LogP contribution in [0.3, 0.4) is 0 Å². The highest BCUT2D eigenvalue weighted by Gasteiger charge is 2.33. The molecule has 0 aliphatic heterocycles. The minimum Gasteiger partial charge on any atom is -0.345 e. The van der Waals surface area contributed by atoms with Crippen molar-refractivity contribution in [2.24, 2.45) is 9.98 Å². The minimum atomic E-state index is -0.977. The fourth-order valence-electron chi connectivity index (χ4n) is 8.88. The molecule has 3 nitrogen and oxygen atoms in total. The molecule has 2 aliphatic rings. The topological polar surface area (TPSA) is 36.8 Å². The first kappa shape index (κ1) is 34.4. The summed E-state index contributed by atoms with van der Waals surface area (Å²) in [6.07, 6.45) is 3.69. The standard InChI is InChI=1S/C54H41N3/c1-55-54(47-18-10-17-41(32-47)38-12-4-2-5-13-38,57-36-56-35-37-22-29-50-45(30-37)31-43-16-8-9-19-49(43)50)46-27-25-40(26-28-46)48-20-11-21-51-52-33-42(39-14-6-3-7-15-39)23-24-44(52)34-53(48)51/h2-30,32-33,36H,1,31,34-35H2,(H,56,57).